The largest absolute Gasteiger partial charge is 0.357 e. The summed E-state index contributed by atoms with van der Waals surface area (Å²) in [5.41, 5.74) is 1.89. The molecule has 3 saturated heterocycles. The lowest BCUT2D eigenvalue weighted by Crippen LogP contribution is -2.62. The zero-order valence-corrected chi connectivity index (χ0v) is 17.4. The zero-order valence-electron chi connectivity index (χ0n) is 17.4. The minimum Gasteiger partial charge on any atom is -0.357 e. The number of benzene rings is 1. The highest BCUT2D eigenvalue weighted by Crippen LogP contribution is 2.15. The highest BCUT2D eigenvalue weighted by Gasteiger charge is 2.31. The summed E-state index contributed by atoms with van der Waals surface area (Å²) in [5, 5.41) is 6.78. The maximum absolute atomic E-state index is 12.1. The van der Waals surface area contributed by atoms with Crippen LogP contribution < -0.4 is 10.6 Å². The van der Waals surface area contributed by atoms with E-state index in [1.165, 1.54) is 26.2 Å². The Morgan fingerprint density at radius 3 is 2.64 bits per heavy atom. The van der Waals surface area contributed by atoms with Gasteiger partial charge in [-0.05, 0) is 31.0 Å². The third-order valence-electron chi connectivity index (χ3n) is 5.48. The number of carbonyl (C=O) groups is 1. The lowest BCUT2D eigenvalue weighted by atomic mass is 10.1. The van der Waals surface area contributed by atoms with E-state index in [0.717, 1.165) is 49.7 Å². The van der Waals surface area contributed by atoms with E-state index < -0.39 is 0 Å². The molecule has 1 atom stereocenters. The quantitative estimate of drug-likeness (QED) is 0.527. The SMILES string of the molecule is CCNC(=NCC1CN2CCN1CC2)NCCc1cccc(C(=O)N(C)C)c1. The van der Waals surface area contributed by atoms with Crippen molar-refractivity contribution in [3.8, 4) is 0 Å². The summed E-state index contributed by atoms with van der Waals surface area (Å²) < 4.78 is 0. The molecule has 1 aromatic rings. The van der Waals surface area contributed by atoms with Gasteiger partial charge < -0.3 is 15.5 Å². The molecule has 0 spiro atoms. The fourth-order valence-corrected chi connectivity index (χ4v) is 3.88. The second-order valence-corrected chi connectivity index (χ2v) is 7.79. The molecule has 0 aromatic heterocycles. The molecule has 154 valence electrons. The summed E-state index contributed by atoms with van der Waals surface area (Å²) in [6.07, 6.45) is 0.849. The van der Waals surface area contributed by atoms with Gasteiger partial charge in [0.05, 0.1) is 6.54 Å². The van der Waals surface area contributed by atoms with E-state index in [4.69, 9.17) is 4.99 Å². The second-order valence-electron chi connectivity index (χ2n) is 7.79. The molecule has 1 unspecified atom stereocenters. The first kappa shape index (κ1) is 20.6. The van der Waals surface area contributed by atoms with Crippen molar-refractivity contribution in [1.29, 1.82) is 0 Å². The van der Waals surface area contributed by atoms with Crippen LogP contribution >= 0.6 is 0 Å². The second kappa shape index (κ2) is 9.89. The van der Waals surface area contributed by atoms with Gasteiger partial charge in [-0.25, -0.2) is 0 Å². The number of nitrogens with one attached hydrogen (secondary N) is 2. The van der Waals surface area contributed by atoms with E-state index in [1.807, 2.05) is 18.2 Å². The van der Waals surface area contributed by atoms with Crippen LogP contribution in [0.5, 0.6) is 0 Å². The fourth-order valence-electron chi connectivity index (χ4n) is 3.88. The van der Waals surface area contributed by atoms with Gasteiger partial charge in [0.15, 0.2) is 5.96 Å². The number of aliphatic imine (C=N–C) groups is 1. The van der Waals surface area contributed by atoms with Crippen LogP contribution in [-0.2, 0) is 6.42 Å². The molecular weight excluding hydrogens is 352 g/mol. The molecule has 4 rings (SSSR count). The molecule has 3 aliphatic rings. The van der Waals surface area contributed by atoms with Crippen molar-refractivity contribution in [3.05, 3.63) is 35.4 Å². The van der Waals surface area contributed by atoms with Gasteiger partial charge in [0, 0.05) is 71.5 Å². The van der Waals surface area contributed by atoms with Crippen LogP contribution in [0.3, 0.4) is 0 Å². The Labute approximate surface area is 168 Å². The summed E-state index contributed by atoms with van der Waals surface area (Å²) in [5.74, 6) is 0.915. The molecule has 3 heterocycles. The van der Waals surface area contributed by atoms with E-state index in [9.17, 15) is 4.79 Å². The van der Waals surface area contributed by atoms with Crippen molar-refractivity contribution in [2.45, 2.75) is 19.4 Å². The highest BCUT2D eigenvalue weighted by atomic mass is 16.2. The zero-order chi connectivity index (χ0) is 19.9. The molecule has 28 heavy (non-hydrogen) atoms. The van der Waals surface area contributed by atoms with Crippen molar-refractivity contribution in [3.63, 3.8) is 0 Å². The summed E-state index contributed by atoms with van der Waals surface area (Å²) in [4.78, 5) is 23.7. The Kier molecular flexibility index (Phi) is 7.28. The van der Waals surface area contributed by atoms with Crippen LogP contribution in [0.25, 0.3) is 0 Å². The molecule has 0 radical (unpaired) electrons. The average molecular weight is 387 g/mol. The van der Waals surface area contributed by atoms with Crippen LogP contribution in [0.4, 0.5) is 0 Å². The van der Waals surface area contributed by atoms with Crippen LogP contribution in [-0.4, -0.2) is 99.1 Å². The number of amides is 1. The first-order valence-corrected chi connectivity index (χ1v) is 10.4. The molecule has 2 N–H and O–H groups in total. The predicted octanol–water partition coefficient (Wildman–Crippen LogP) is 0.486. The number of nitrogens with zero attached hydrogens (tertiary/aromatic N) is 4. The molecule has 3 fully saturated rings. The molecule has 0 saturated carbocycles. The number of fused-ring (bicyclic) bond motifs is 3. The van der Waals surface area contributed by atoms with Crippen molar-refractivity contribution in [2.24, 2.45) is 4.99 Å². The number of guanidine groups is 1. The highest BCUT2D eigenvalue weighted by molar-refractivity contribution is 5.94. The van der Waals surface area contributed by atoms with Gasteiger partial charge in [0.1, 0.15) is 0 Å². The van der Waals surface area contributed by atoms with Crippen LogP contribution in [0, 0.1) is 0 Å². The maximum atomic E-state index is 12.1. The average Bonchev–Trinajstić information content (AvgIpc) is 2.72. The fraction of sp³-hybridized carbons (Fsp3) is 0.619. The lowest BCUT2D eigenvalue weighted by Gasteiger charge is -2.47. The smallest absolute Gasteiger partial charge is 0.253 e. The van der Waals surface area contributed by atoms with Crippen molar-refractivity contribution >= 4 is 11.9 Å². The molecule has 1 aromatic carbocycles. The van der Waals surface area contributed by atoms with Crippen LogP contribution in [0.1, 0.15) is 22.8 Å². The molecule has 3 aliphatic heterocycles. The van der Waals surface area contributed by atoms with Gasteiger partial charge in [-0.1, -0.05) is 12.1 Å². The van der Waals surface area contributed by atoms with Crippen molar-refractivity contribution in [2.75, 3.05) is 66.5 Å². The number of hydrogen-bond acceptors (Lipinski definition) is 4. The summed E-state index contributed by atoms with van der Waals surface area (Å²) in [7, 11) is 3.56. The maximum Gasteiger partial charge on any atom is 0.253 e. The van der Waals surface area contributed by atoms with Gasteiger partial charge in [-0.15, -0.1) is 0 Å². The molecule has 0 aliphatic carbocycles. The Hall–Kier alpha value is -2.12. The van der Waals surface area contributed by atoms with Crippen LogP contribution in [0.15, 0.2) is 29.3 Å². The van der Waals surface area contributed by atoms with E-state index in [0.29, 0.717) is 6.04 Å². The Morgan fingerprint density at radius 2 is 2.00 bits per heavy atom. The summed E-state index contributed by atoms with van der Waals surface area (Å²) in [6.45, 7) is 10.4. The van der Waals surface area contributed by atoms with Crippen molar-refractivity contribution in [1.82, 2.24) is 25.3 Å². The number of carbonyl (C=O) groups excluding carboxylic acids is 1. The number of hydrogen-bond donors (Lipinski definition) is 2. The molecule has 2 bridgehead atoms. The van der Waals surface area contributed by atoms with Crippen molar-refractivity contribution < 1.29 is 4.79 Å². The van der Waals surface area contributed by atoms with Gasteiger partial charge in [-0.3, -0.25) is 19.6 Å². The first-order valence-electron chi connectivity index (χ1n) is 10.4. The molecule has 7 nitrogen and oxygen atoms in total. The lowest BCUT2D eigenvalue weighted by molar-refractivity contribution is 0.0174. The normalized spacial score (nSPS) is 24.1. The molecule has 7 heteroatoms. The standard InChI is InChI=1S/C21H34N6O/c1-4-22-21(24-15-19-16-26-10-12-27(19)13-11-26)23-9-8-17-6-5-7-18(14-17)20(28)25(2)3/h5-7,14,19H,4,8-13,15-16H2,1-3H3,(H2,22,23,24). The first-order chi connectivity index (χ1) is 13.6. The molecular formula is C21H34N6O. The van der Waals surface area contributed by atoms with E-state index >= 15 is 0 Å². The Balaban J connectivity index is 1.51. The number of piperazine rings is 3. The summed E-state index contributed by atoms with van der Waals surface area (Å²) >= 11 is 0. The number of rotatable bonds is 7. The van der Waals surface area contributed by atoms with Crippen LogP contribution in [0.2, 0.25) is 0 Å². The minimum atomic E-state index is 0.0391. The van der Waals surface area contributed by atoms with E-state index in [2.05, 4.69) is 33.4 Å². The van der Waals surface area contributed by atoms with Gasteiger partial charge in [-0.2, -0.15) is 0 Å². The Morgan fingerprint density at radius 1 is 1.21 bits per heavy atom. The predicted molar refractivity (Wildman–Crippen MR) is 114 cm³/mol. The molecule has 1 amide bonds. The Bertz CT molecular complexity index is 681. The monoisotopic (exact) mass is 386 g/mol. The van der Waals surface area contributed by atoms with E-state index in [-0.39, 0.29) is 5.91 Å². The third-order valence-corrected chi connectivity index (χ3v) is 5.48. The van der Waals surface area contributed by atoms with Gasteiger partial charge >= 0.3 is 0 Å². The topological polar surface area (TPSA) is 63.2 Å². The van der Waals surface area contributed by atoms with E-state index in [1.54, 1.807) is 19.0 Å². The van der Waals surface area contributed by atoms with Gasteiger partial charge in [0.25, 0.3) is 5.91 Å². The third kappa shape index (κ3) is 5.45. The summed E-state index contributed by atoms with van der Waals surface area (Å²) in [6, 6.07) is 8.40. The minimum absolute atomic E-state index is 0.0391. The van der Waals surface area contributed by atoms with Gasteiger partial charge in [0.2, 0.25) is 0 Å².